The minimum absolute atomic E-state index is 0.624. The van der Waals surface area contributed by atoms with E-state index in [9.17, 15) is 0 Å². The number of aryl methyl sites for hydroxylation is 1. The van der Waals surface area contributed by atoms with E-state index in [2.05, 4.69) is 43.0 Å². The summed E-state index contributed by atoms with van der Waals surface area (Å²) in [5, 5.41) is 0. The highest BCUT2D eigenvalue weighted by molar-refractivity contribution is 5.53. The summed E-state index contributed by atoms with van der Waals surface area (Å²) >= 11 is 0. The van der Waals surface area contributed by atoms with Crippen LogP contribution >= 0.6 is 0 Å². The molecule has 1 aromatic carbocycles. The van der Waals surface area contributed by atoms with Crippen LogP contribution in [0.3, 0.4) is 0 Å². The van der Waals surface area contributed by atoms with E-state index < -0.39 is 0 Å². The van der Waals surface area contributed by atoms with Crippen LogP contribution in [0.1, 0.15) is 44.6 Å². The van der Waals surface area contributed by atoms with E-state index in [1.165, 1.54) is 43.4 Å². The molecule has 0 radical (unpaired) electrons. The highest BCUT2D eigenvalue weighted by Gasteiger charge is 2.27. The Hall–Kier alpha value is -1.02. The van der Waals surface area contributed by atoms with E-state index >= 15 is 0 Å². The van der Waals surface area contributed by atoms with E-state index in [1.807, 2.05) is 0 Å². The average molecular weight is 260 g/mol. The van der Waals surface area contributed by atoms with Crippen molar-refractivity contribution in [3.05, 3.63) is 29.8 Å². The molecule has 2 N–H and O–H groups in total. The molecule has 106 valence electrons. The number of anilines is 1. The highest BCUT2D eigenvalue weighted by Crippen LogP contribution is 2.31. The molecule has 1 fully saturated rings. The van der Waals surface area contributed by atoms with E-state index in [-0.39, 0.29) is 0 Å². The van der Waals surface area contributed by atoms with Gasteiger partial charge in [-0.15, -0.1) is 0 Å². The van der Waals surface area contributed by atoms with Crippen LogP contribution in [0.4, 0.5) is 5.69 Å². The van der Waals surface area contributed by atoms with Crippen LogP contribution < -0.4 is 10.6 Å². The molecule has 0 heterocycles. The first kappa shape index (κ1) is 14.4. The van der Waals surface area contributed by atoms with Crippen molar-refractivity contribution >= 4 is 5.69 Å². The molecular formula is C17H28N2. The maximum atomic E-state index is 6.05. The van der Waals surface area contributed by atoms with E-state index in [0.29, 0.717) is 12.0 Å². The van der Waals surface area contributed by atoms with Gasteiger partial charge in [0.1, 0.15) is 0 Å². The monoisotopic (exact) mass is 260 g/mol. The van der Waals surface area contributed by atoms with Gasteiger partial charge in [0, 0.05) is 18.3 Å². The first-order valence-corrected chi connectivity index (χ1v) is 7.80. The lowest BCUT2D eigenvalue weighted by molar-refractivity contribution is 0.384. The van der Waals surface area contributed by atoms with Crippen molar-refractivity contribution in [1.29, 1.82) is 0 Å². The number of hydrogen-bond donors (Lipinski definition) is 1. The molecule has 1 aromatic rings. The fraction of sp³-hybridized carbons (Fsp3) is 0.647. The number of nitrogens with zero attached hydrogens (tertiary/aromatic N) is 1. The fourth-order valence-electron chi connectivity index (χ4n) is 3.52. The zero-order chi connectivity index (χ0) is 13.7. The summed E-state index contributed by atoms with van der Waals surface area (Å²) in [6.07, 6.45) is 6.67. The Morgan fingerprint density at radius 3 is 2.58 bits per heavy atom. The second-order valence-corrected chi connectivity index (χ2v) is 5.77. The lowest BCUT2D eigenvalue weighted by Crippen LogP contribution is -2.43. The molecule has 2 nitrogen and oxygen atoms in total. The third kappa shape index (κ3) is 3.30. The Balaban J connectivity index is 2.26. The van der Waals surface area contributed by atoms with Crippen molar-refractivity contribution < 1.29 is 0 Å². The van der Waals surface area contributed by atoms with E-state index in [0.717, 1.165) is 13.1 Å². The Kier molecular flexibility index (Phi) is 5.26. The topological polar surface area (TPSA) is 29.3 Å². The zero-order valence-corrected chi connectivity index (χ0v) is 12.4. The second kappa shape index (κ2) is 6.95. The summed E-state index contributed by atoms with van der Waals surface area (Å²) in [6.45, 7) is 6.39. The number of rotatable bonds is 4. The van der Waals surface area contributed by atoms with Crippen molar-refractivity contribution in [1.82, 2.24) is 0 Å². The first-order valence-electron chi connectivity index (χ1n) is 7.80. The third-order valence-electron chi connectivity index (χ3n) is 4.59. The van der Waals surface area contributed by atoms with Gasteiger partial charge in [-0.25, -0.2) is 0 Å². The van der Waals surface area contributed by atoms with Crippen molar-refractivity contribution in [3.8, 4) is 0 Å². The Morgan fingerprint density at radius 1 is 1.16 bits per heavy atom. The van der Waals surface area contributed by atoms with Crippen LogP contribution in [-0.2, 0) is 0 Å². The fourth-order valence-corrected chi connectivity index (χ4v) is 3.52. The van der Waals surface area contributed by atoms with Crippen LogP contribution in [-0.4, -0.2) is 19.1 Å². The molecule has 19 heavy (non-hydrogen) atoms. The van der Waals surface area contributed by atoms with E-state index in [1.54, 1.807) is 0 Å². The molecule has 1 aliphatic carbocycles. The smallest absolute Gasteiger partial charge is 0.0398 e. The van der Waals surface area contributed by atoms with Gasteiger partial charge in [0.15, 0.2) is 0 Å². The van der Waals surface area contributed by atoms with E-state index in [4.69, 9.17) is 5.73 Å². The number of nitrogens with two attached hydrogens (primary N) is 1. The number of benzene rings is 1. The molecule has 1 saturated carbocycles. The summed E-state index contributed by atoms with van der Waals surface area (Å²) in [4.78, 5) is 2.60. The summed E-state index contributed by atoms with van der Waals surface area (Å²) in [6, 6.07) is 9.38. The van der Waals surface area contributed by atoms with Crippen LogP contribution in [0.25, 0.3) is 0 Å². The summed E-state index contributed by atoms with van der Waals surface area (Å²) in [5.41, 5.74) is 8.82. The molecule has 2 heteroatoms. The quantitative estimate of drug-likeness (QED) is 0.836. The van der Waals surface area contributed by atoms with Gasteiger partial charge in [-0.05, 0) is 50.8 Å². The van der Waals surface area contributed by atoms with Crippen molar-refractivity contribution in [2.24, 2.45) is 11.7 Å². The Morgan fingerprint density at radius 2 is 1.89 bits per heavy atom. The predicted molar refractivity (Wildman–Crippen MR) is 83.6 cm³/mol. The number of para-hydroxylation sites is 1. The molecular weight excluding hydrogens is 232 g/mol. The summed E-state index contributed by atoms with van der Waals surface area (Å²) in [7, 11) is 0. The van der Waals surface area contributed by atoms with Gasteiger partial charge in [-0.1, -0.05) is 37.5 Å². The zero-order valence-electron chi connectivity index (χ0n) is 12.4. The van der Waals surface area contributed by atoms with Crippen LogP contribution in [0, 0.1) is 12.8 Å². The lowest BCUT2D eigenvalue weighted by atomic mass is 9.92. The SMILES string of the molecule is CCN(c1ccccc1C)C1CCCCCC1CN. The van der Waals surface area contributed by atoms with Gasteiger partial charge in [0.25, 0.3) is 0 Å². The van der Waals surface area contributed by atoms with Crippen LogP contribution in [0.2, 0.25) is 0 Å². The summed E-state index contributed by atoms with van der Waals surface area (Å²) in [5.74, 6) is 0.655. The predicted octanol–water partition coefficient (Wildman–Crippen LogP) is 3.73. The van der Waals surface area contributed by atoms with Gasteiger partial charge in [0.2, 0.25) is 0 Å². The molecule has 0 bridgehead atoms. The van der Waals surface area contributed by atoms with Crippen LogP contribution in [0.15, 0.2) is 24.3 Å². The maximum Gasteiger partial charge on any atom is 0.0398 e. The summed E-state index contributed by atoms with van der Waals surface area (Å²) < 4.78 is 0. The normalized spacial score (nSPS) is 23.9. The molecule has 0 saturated heterocycles. The Bertz CT molecular complexity index is 389. The largest absolute Gasteiger partial charge is 0.368 e. The van der Waals surface area contributed by atoms with Gasteiger partial charge in [-0.2, -0.15) is 0 Å². The minimum Gasteiger partial charge on any atom is -0.368 e. The van der Waals surface area contributed by atoms with Crippen LogP contribution in [0.5, 0.6) is 0 Å². The minimum atomic E-state index is 0.624. The molecule has 2 unspecified atom stereocenters. The first-order chi connectivity index (χ1) is 9.27. The van der Waals surface area contributed by atoms with Gasteiger partial charge < -0.3 is 10.6 Å². The molecule has 2 rings (SSSR count). The third-order valence-corrected chi connectivity index (χ3v) is 4.59. The molecule has 0 aliphatic heterocycles. The maximum absolute atomic E-state index is 6.05. The standard InChI is InChI=1S/C17H28N2/c1-3-19(16-11-8-7-9-14(16)2)17-12-6-4-5-10-15(17)13-18/h7-9,11,15,17H,3-6,10,12-13,18H2,1-2H3. The number of hydrogen-bond acceptors (Lipinski definition) is 2. The highest BCUT2D eigenvalue weighted by atomic mass is 15.2. The van der Waals surface area contributed by atoms with Crippen molar-refractivity contribution in [3.63, 3.8) is 0 Å². The lowest BCUT2D eigenvalue weighted by Gasteiger charge is -2.38. The molecule has 1 aliphatic rings. The van der Waals surface area contributed by atoms with Gasteiger partial charge >= 0.3 is 0 Å². The molecule has 0 aromatic heterocycles. The molecule has 2 atom stereocenters. The Labute approximate surface area is 118 Å². The van der Waals surface area contributed by atoms with Gasteiger partial charge in [-0.3, -0.25) is 0 Å². The second-order valence-electron chi connectivity index (χ2n) is 5.77. The van der Waals surface area contributed by atoms with Crippen molar-refractivity contribution in [2.45, 2.75) is 52.0 Å². The molecule has 0 spiro atoms. The molecule has 0 amide bonds. The van der Waals surface area contributed by atoms with Gasteiger partial charge in [0.05, 0.1) is 0 Å². The average Bonchev–Trinajstić information content (AvgIpc) is 2.67. The van der Waals surface area contributed by atoms with Crippen molar-refractivity contribution in [2.75, 3.05) is 18.0 Å².